The Kier molecular flexibility index (Phi) is 40.4. The molecule has 2 atom stereocenters. The second kappa shape index (κ2) is 42.5. The number of carboxylic acid groups (broad SMARTS) is 1. The molecule has 0 radical (unpaired) electrons. The van der Waals surface area contributed by atoms with Gasteiger partial charge < -0.3 is 20.9 Å². The molecule has 0 fully saturated rings. The van der Waals surface area contributed by atoms with Crippen LogP contribution in [0.2, 0.25) is 0 Å². The zero-order valence-electron chi connectivity index (χ0n) is 35.8. The Balaban J connectivity index is 4.15. The first-order chi connectivity index (χ1) is 26.9. The highest BCUT2D eigenvalue weighted by atomic mass is 16.5. The van der Waals surface area contributed by atoms with Gasteiger partial charge in [-0.25, -0.2) is 4.79 Å². The van der Waals surface area contributed by atoms with Crippen LogP contribution in [-0.2, 0) is 19.1 Å². The summed E-state index contributed by atoms with van der Waals surface area (Å²) in [7, 11) is 0. The first-order valence-electron chi connectivity index (χ1n) is 23.0. The topological polar surface area (TPSA) is 119 Å². The number of ether oxygens (including phenoxy) is 1. The van der Waals surface area contributed by atoms with Crippen LogP contribution in [0.5, 0.6) is 0 Å². The molecule has 2 unspecified atom stereocenters. The summed E-state index contributed by atoms with van der Waals surface area (Å²) < 4.78 is 6.04. The first-order valence-corrected chi connectivity index (χ1v) is 23.0. The van der Waals surface area contributed by atoms with Crippen LogP contribution >= 0.6 is 0 Å². The third-order valence-corrected chi connectivity index (χ3v) is 10.2. The molecule has 0 heterocycles. The normalized spacial score (nSPS) is 13.1. The standard InChI is InChI=1S/C48H86N2O5/c1-3-5-7-9-11-13-14-15-16-17-18-19-20-21-22-23-24-25-27-32-36-42-47(52)55-44(38-33-29-26-12-10-8-6-4-2)39-34-30-28-31-35-41-46(51)50-45(48(53)54)40-37-43-49/h5,7,11,13,15-16,18-19,44-45H,3-4,6,8-10,12,14,17,20-43,49H2,1-2H3,(H,50,51)(H,53,54)/b7-5-,13-11-,16-15-,19-18-. The lowest BCUT2D eigenvalue weighted by Gasteiger charge is -2.18. The summed E-state index contributed by atoms with van der Waals surface area (Å²) in [5.41, 5.74) is 5.48. The molecule has 0 aromatic heterocycles. The molecule has 0 saturated heterocycles. The smallest absolute Gasteiger partial charge is 0.326 e. The van der Waals surface area contributed by atoms with Gasteiger partial charge in [-0.15, -0.1) is 0 Å². The van der Waals surface area contributed by atoms with Crippen molar-refractivity contribution in [1.82, 2.24) is 5.32 Å². The maximum atomic E-state index is 12.8. The zero-order chi connectivity index (χ0) is 40.3. The van der Waals surface area contributed by atoms with Gasteiger partial charge in [0, 0.05) is 12.8 Å². The Morgan fingerprint density at radius 3 is 1.51 bits per heavy atom. The van der Waals surface area contributed by atoms with Crippen LogP contribution in [0, 0.1) is 0 Å². The summed E-state index contributed by atoms with van der Waals surface area (Å²) in [6.07, 6.45) is 51.6. The molecule has 0 rings (SSSR count). The molecule has 7 heteroatoms. The summed E-state index contributed by atoms with van der Waals surface area (Å²) in [6.45, 7) is 4.83. The number of hydrogen-bond donors (Lipinski definition) is 3. The predicted molar refractivity (Wildman–Crippen MR) is 234 cm³/mol. The maximum absolute atomic E-state index is 12.8. The highest BCUT2D eigenvalue weighted by molar-refractivity contribution is 5.83. The molecule has 0 bridgehead atoms. The second-order valence-corrected chi connectivity index (χ2v) is 15.4. The molecule has 0 aromatic rings. The molecular formula is C48H86N2O5. The number of amides is 1. The number of aliphatic carboxylic acids is 1. The summed E-state index contributed by atoms with van der Waals surface area (Å²) in [6, 6.07) is -0.857. The molecule has 0 saturated carbocycles. The van der Waals surface area contributed by atoms with Crippen molar-refractivity contribution in [2.45, 2.75) is 231 Å². The Hall–Kier alpha value is -2.67. The van der Waals surface area contributed by atoms with Crippen LogP contribution in [0.4, 0.5) is 0 Å². The van der Waals surface area contributed by atoms with Crippen molar-refractivity contribution in [3.8, 4) is 0 Å². The minimum absolute atomic E-state index is 0.0107. The highest BCUT2D eigenvalue weighted by Crippen LogP contribution is 2.19. The molecule has 0 aromatic carbocycles. The highest BCUT2D eigenvalue weighted by Gasteiger charge is 2.19. The molecular weight excluding hydrogens is 685 g/mol. The zero-order valence-corrected chi connectivity index (χ0v) is 35.8. The van der Waals surface area contributed by atoms with Gasteiger partial charge in [0.2, 0.25) is 5.91 Å². The van der Waals surface area contributed by atoms with Crippen molar-refractivity contribution in [3.05, 3.63) is 48.6 Å². The molecule has 4 N–H and O–H groups in total. The van der Waals surface area contributed by atoms with E-state index in [1.165, 1.54) is 89.9 Å². The van der Waals surface area contributed by atoms with Crippen LogP contribution in [0.15, 0.2) is 48.6 Å². The van der Waals surface area contributed by atoms with Gasteiger partial charge in [0.05, 0.1) is 0 Å². The number of rotatable bonds is 41. The number of carbonyl (C=O) groups excluding carboxylic acids is 2. The van der Waals surface area contributed by atoms with Gasteiger partial charge in [-0.1, -0.05) is 165 Å². The molecule has 0 aliphatic rings. The van der Waals surface area contributed by atoms with Crippen LogP contribution in [0.25, 0.3) is 0 Å². The minimum Gasteiger partial charge on any atom is -0.480 e. The monoisotopic (exact) mass is 771 g/mol. The summed E-state index contributed by atoms with van der Waals surface area (Å²) in [4.78, 5) is 36.4. The van der Waals surface area contributed by atoms with E-state index in [-0.39, 0.29) is 18.0 Å². The lowest BCUT2D eigenvalue weighted by atomic mass is 10.0. The number of nitrogens with one attached hydrogen (secondary N) is 1. The minimum atomic E-state index is -1.00. The fourth-order valence-electron chi connectivity index (χ4n) is 6.74. The largest absolute Gasteiger partial charge is 0.480 e. The lowest BCUT2D eigenvalue weighted by Crippen LogP contribution is -2.40. The number of esters is 1. The number of nitrogens with two attached hydrogens (primary N) is 1. The summed E-state index contributed by atoms with van der Waals surface area (Å²) >= 11 is 0. The SMILES string of the molecule is CC/C=C\C/C=C\C/C=C\C/C=C\CCCCCCCCCCC(=O)OC(CCCCCCCCCC)CCCCCCCC(=O)NC(CCCN)C(=O)O. The number of carboxylic acids is 1. The van der Waals surface area contributed by atoms with E-state index >= 15 is 0 Å². The van der Waals surface area contributed by atoms with Crippen molar-refractivity contribution in [3.63, 3.8) is 0 Å². The van der Waals surface area contributed by atoms with Gasteiger partial charge in [0.25, 0.3) is 0 Å². The van der Waals surface area contributed by atoms with Crippen molar-refractivity contribution >= 4 is 17.8 Å². The van der Waals surface area contributed by atoms with Crippen molar-refractivity contribution in [1.29, 1.82) is 0 Å². The molecule has 0 aliphatic heterocycles. The van der Waals surface area contributed by atoms with E-state index in [1.54, 1.807) is 0 Å². The van der Waals surface area contributed by atoms with Gasteiger partial charge in [0.1, 0.15) is 12.1 Å². The van der Waals surface area contributed by atoms with Crippen molar-refractivity contribution in [2.75, 3.05) is 6.54 Å². The predicted octanol–water partition coefficient (Wildman–Crippen LogP) is 13.2. The van der Waals surface area contributed by atoms with Gasteiger partial charge in [0.15, 0.2) is 0 Å². The Bertz CT molecular complexity index is 1000. The van der Waals surface area contributed by atoms with E-state index in [4.69, 9.17) is 10.5 Å². The number of allylic oxidation sites excluding steroid dienone is 8. The third kappa shape index (κ3) is 39.4. The number of unbranched alkanes of at least 4 members (excludes halogenated alkanes) is 19. The van der Waals surface area contributed by atoms with E-state index in [0.717, 1.165) is 89.9 Å². The van der Waals surface area contributed by atoms with E-state index in [9.17, 15) is 19.5 Å². The average Bonchev–Trinajstić information content (AvgIpc) is 3.17. The van der Waals surface area contributed by atoms with Gasteiger partial charge in [-0.05, 0) is 96.4 Å². The third-order valence-electron chi connectivity index (χ3n) is 10.2. The Morgan fingerprint density at radius 2 is 1.00 bits per heavy atom. The van der Waals surface area contributed by atoms with E-state index in [2.05, 4.69) is 67.8 Å². The Labute approximate surface area is 338 Å². The molecule has 0 aliphatic carbocycles. The maximum Gasteiger partial charge on any atom is 0.326 e. The fraction of sp³-hybridized carbons (Fsp3) is 0.771. The van der Waals surface area contributed by atoms with Gasteiger partial charge >= 0.3 is 11.9 Å². The molecule has 318 valence electrons. The van der Waals surface area contributed by atoms with Crippen LogP contribution in [0.1, 0.15) is 219 Å². The molecule has 7 nitrogen and oxygen atoms in total. The van der Waals surface area contributed by atoms with Crippen LogP contribution in [-0.4, -0.2) is 41.6 Å². The summed E-state index contributed by atoms with van der Waals surface area (Å²) in [5.74, 6) is -1.24. The molecule has 55 heavy (non-hydrogen) atoms. The molecule has 1 amide bonds. The van der Waals surface area contributed by atoms with E-state index in [1.807, 2.05) is 0 Å². The molecule has 0 spiro atoms. The first kappa shape index (κ1) is 52.3. The van der Waals surface area contributed by atoms with Crippen molar-refractivity contribution in [2.24, 2.45) is 5.73 Å². The van der Waals surface area contributed by atoms with Crippen LogP contribution < -0.4 is 11.1 Å². The number of carbonyl (C=O) groups is 3. The van der Waals surface area contributed by atoms with Gasteiger partial charge in [-0.3, -0.25) is 9.59 Å². The average molecular weight is 771 g/mol. The second-order valence-electron chi connectivity index (χ2n) is 15.4. The quantitative estimate of drug-likeness (QED) is 0.0324. The van der Waals surface area contributed by atoms with Crippen molar-refractivity contribution < 1.29 is 24.2 Å². The fourth-order valence-corrected chi connectivity index (χ4v) is 6.74. The van der Waals surface area contributed by atoms with E-state index < -0.39 is 12.0 Å². The van der Waals surface area contributed by atoms with Gasteiger partial charge in [-0.2, -0.15) is 0 Å². The van der Waals surface area contributed by atoms with E-state index in [0.29, 0.717) is 32.2 Å². The van der Waals surface area contributed by atoms with Crippen LogP contribution in [0.3, 0.4) is 0 Å². The lowest BCUT2D eigenvalue weighted by molar-refractivity contribution is -0.150. The number of hydrogen-bond acceptors (Lipinski definition) is 5. The Morgan fingerprint density at radius 1 is 0.545 bits per heavy atom. The summed E-state index contributed by atoms with van der Waals surface area (Å²) in [5, 5.41) is 11.9.